The van der Waals surface area contributed by atoms with Crippen LogP contribution in [0.2, 0.25) is 0 Å². The van der Waals surface area contributed by atoms with Crippen molar-refractivity contribution in [3.8, 4) is 0 Å². The van der Waals surface area contributed by atoms with E-state index >= 15 is 0 Å². The van der Waals surface area contributed by atoms with E-state index in [1.54, 1.807) is 0 Å². The molecular formula is C11H21NO. The lowest BCUT2D eigenvalue weighted by atomic mass is 9.64. The molecular weight excluding hydrogens is 162 g/mol. The standard InChI is InChI=1S/C11H21NO/c1-8-5-6-11(4,9(13)7-12)10(8,2)3/h8H,5-7,12H2,1-4H3/t8-,11-/m0/s1. The number of nitrogens with two attached hydrogens (primary N) is 1. The number of hydrogen-bond donors (Lipinski definition) is 1. The first-order valence-corrected chi connectivity index (χ1v) is 5.09. The second kappa shape index (κ2) is 3.09. The second-order valence-corrected chi connectivity index (χ2v) is 5.12. The Labute approximate surface area is 80.9 Å². The summed E-state index contributed by atoms with van der Waals surface area (Å²) < 4.78 is 0. The molecule has 0 heterocycles. The van der Waals surface area contributed by atoms with Crippen molar-refractivity contribution in [3.05, 3.63) is 0 Å². The van der Waals surface area contributed by atoms with E-state index in [2.05, 4.69) is 27.7 Å². The zero-order chi connectivity index (χ0) is 10.3. The summed E-state index contributed by atoms with van der Waals surface area (Å²) in [5.74, 6) is 0.842. The minimum atomic E-state index is -0.193. The fourth-order valence-electron chi connectivity index (χ4n) is 2.46. The van der Waals surface area contributed by atoms with E-state index in [-0.39, 0.29) is 23.2 Å². The van der Waals surface area contributed by atoms with Gasteiger partial charge >= 0.3 is 0 Å². The molecule has 13 heavy (non-hydrogen) atoms. The largest absolute Gasteiger partial charge is 0.324 e. The van der Waals surface area contributed by atoms with Gasteiger partial charge in [0.25, 0.3) is 0 Å². The summed E-state index contributed by atoms with van der Waals surface area (Å²) in [5, 5.41) is 0. The van der Waals surface area contributed by atoms with Crippen molar-refractivity contribution in [2.45, 2.75) is 40.5 Å². The quantitative estimate of drug-likeness (QED) is 0.711. The monoisotopic (exact) mass is 183 g/mol. The highest BCUT2D eigenvalue weighted by molar-refractivity contribution is 5.87. The second-order valence-electron chi connectivity index (χ2n) is 5.12. The number of carbonyl (C=O) groups is 1. The smallest absolute Gasteiger partial charge is 0.152 e. The molecule has 0 aliphatic heterocycles. The highest BCUT2D eigenvalue weighted by Crippen LogP contribution is 2.55. The number of carbonyl (C=O) groups excluding carboxylic acids is 1. The van der Waals surface area contributed by atoms with Crippen molar-refractivity contribution in [2.75, 3.05) is 6.54 Å². The van der Waals surface area contributed by atoms with Gasteiger partial charge in [0.05, 0.1) is 6.54 Å². The Hall–Kier alpha value is -0.370. The van der Waals surface area contributed by atoms with Crippen LogP contribution in [0.25, 0.3) is 0 Å². The molecule has 2 N–H and O–H groups in total. The zero-order valence-electron chi connectivity index (χ0n) is 9.18. The van der Waals surface area contributed by atoms with Crippen molar-refractivity contribution in [2.24, 2.45) is 22.5 Å². The summed E-state index contributed by atoms with van der Waals surface area (Å²) in [6, 6.07) is 0. The molecule has 1 aliphatic rings. The van der Waals surface area contributed by atoms with Gasteiger partial charge in [-0.25, -0.2) is 0 Å². The van der Waals surface area contributed by atoms with Gasteiger partial charge < -0.3 is 5.73 Å². The van der Waals surface area contributed by atoms with Crippen molar-refractivity contribution in [1.82, 2.24) is 0 Å². The van der Waals surface area contributed by atoms with Gasteiger partial charge in [0.15, 0.2) is 5.78 Å². The van der Waals surface area contributed by atoms with E-state index in [0.29, 0.717) is 5.92 Å². The van der Waals surface area contributed by atoms with Gasteiger partial charge in [-0.05, 0) is 24.2 Å². The Morgan fingerprint density at radius 1 is 1.46 bits per heavy atom. The van der Waals surface area contributed by atoms with E-state index in [4.69, 9.17) is 5.73 Å². The van der Waals surface area contributed by atoms with E-state index in [1.165, 1.54) is 0 Å². The average molecular weight is 183 g/mol. The molecule has 1 rings (SSSR count). The molecule has 1 saturated carbocycles. The first kappa shape index (κ1) is 10.7. The summed E-state index contributed by atoms with van der Waals surface area (Å²) >= 11 is 0. The molecule has 0 spiro atoms. The SMILES string of the molecule is C[C@H]1CC[C@@](C)(C(=O)CN)C1(C)C. The number of ketones is 1. The van der Waals surface area contributed by atoms with Gasteiger partial charge in [0, 0.05) is 5.41 Å². The Morgan fingerprint density at radius 2 is 2.00 bits per heavy atom. The minimum absolute atomic E-state index is 0.101. The maximum Gasteiger partial charge on any atom is 0.152 e. The fourth-order valence-corrected chi connectivity index (χ4v) is 2.46. The van der Waals surface area contributed by atoms with Crippen LogP contribution in [0.4, 0.5) is 0 Å². The lowest BCUT2D eigenvalue weighted by Gasteiger charge is -2.39. The molecule has 76 valence electrons. The zero-order valence-corrected chi connectivity index (χ0v) is 9.18. The molecule has 1 aliphatic carbocycles. The van der Waals surface area contributed by atoms with Crippen LogP contribution in [0.15, 0.2) is 0 Å². The van der Waals surface area contributed by atoms with Gasteiger partial charge in [0.2, 0.25) is 0 Å². The molecule has 0 unspecified atom stereocenters. The summed E-state index contributed by atoms with van der Waals surface area (Å²) in [5.41, 5.74) is 5.36. The van der Waals surface area contributed by atoms with Crippen LogP contribution < -0.4 is 5.73 Å². The van der Waals surface area contributed by atoms with Gasteiger partial charge in [-0.3, -0.25) is 4.79 Å². The molecule has 2 heteroatoms. The van der Waals surface area contributed by atoms with Gasteiger partial charge in [0.1, 0.15) is 0 Å². The number of hydrogen-bond acceptors (Lipinski definition) is 2. The third-order valence-electron chi connectivity index (χ3n) is 4.53. The van der Waals surface area contributed by atoms with E-state index in [0.717, 1.165) is 12.8 Å². The van der Waals surface area contributed by atoms with Crippen LogP contribution in [0.5, 0.6) is 0 Å². The van der Waals surface area contributed by atoms with E-state index in [9.17, 15) is 4.79 Å². The van der Waals surface area contributed by atoms with Crippen LogP contribution in [0.1, 0.15) is 40.5 Å². The van der Waals surface area contributed by atoms with Crippen molar-refractivity contribution < 1.29 is 4.79 Å². The topological polar surface area (TPSA) is 43.1 Å². The molecule has 0 saturated heterocycles. The minimum Gasteiger partial charge on any atom is -0.324 e. The van der Waals surface area contributed by atoms with Gasteiger partial charge in [-0.1, -0.05) is 27.7 Å². The highest BCUT2D eigenvalue weighted by Gasteiger charge is 2.53. The Balaban J connectivity index is 2.98. The Kier molecular flexibility index (Phi) is 2.54. The van der Waals surface area contributed by atoms with Crippen molar-refractivity contribution >= 4 is 5.78 Å². The molecule has 0 aromatic rings. The van der Waals surface area contributed by atoms with Crippen molar-refractivity contribution in [3.63, 3.8) is 0 Å². The van der Waals surface area contributed by atoms with Crippen LogP contribution in [-0.2, 0) is 4.79 Å². The highest BCUT2D eigenvalue weighted by atomic mass is 16.1. The van der Waals surface area contributed by atoms with E-state index in [1.807, 2.05) is 0 Å². The molecule has 2 atom stereocenters. The third kappa shape index (κ3) is 1.32. The number of rotatable bonds is 2. The Morgan fingerprint density at radius 3 is 2.31 bits per heavy atom. The van der Waals surface area contributed by atoms with Crippen molar-refractivity contribution in [1.29, 1.82) is 0 Å². The van der Waals surface area contributed by atoms with Gasteiger partial charge in [-0.15, -0.1) is 0 Å². The third-order valence-corrected chi connectivity index (χ3v) is 4.53. The average Bonchev–Trinajstić information content (AvgIpc) is 2.29. The molecule has 2 nitrogen and oxygen atoms in total. The summed E-state index contributed by atoms with van der Waals surface area (Å²) in [6.07, 6.45) is 2.15. The molecule has 0 aromatic heterocycles. The normalized spacial score (nSPS) is 37.8. The van der Waals surface area contributed by atoms with Crippen LogP contribution in [0, 0.1) is 16.7 Å². The van der Waals surface area contributed by atoms with Gasteiger partial charge in [-0.2, -0.15) is 0 Å². The summed E-state index contributed by atoms with van der Waals surface area (Å²) in [6.45, 7) is 8.88. The summed E-state index contributed by atoms with van der Waals surface area (Å²) in [4.78, 5) is 11.8. The maximum atomic E-state index is 11.8. The predicted molar refractivity (Wildman–Crippen MR) is 54.3 cm³/mol. The van der Waals surface area contributed by atoms with Crippen LogP contribution in [0.3, 0.4) is 0 Å². The van der Waals surface area contributed by atoms with E-state index < -0.39 is 0 Å². The summed E-state index contributed by atoms with van der Waals surface area (Å²) in [7, 11) is 0. The lowest BCUT2D eigenvalue weighted by Crippen LogP contribution is -2.43. The molecule has 0 bridgehead atoms. The molecule has 0 radical (unpaired) electrons. The lowest BCUT2D eigenvalue weighted by molar-refractivity contribution is -0.132. The van der Waals surface area contributed by atoms with Crippen LogP contribution >= 0.6 is 0 Å². The molecule has 0 amide bonds. The Bertz CT molecular complexity index is 222. The maximum absolute atomic E-state index is 11.8. The predicted octanol–water partition coefficient (Wildman–Crippen LogP) is 1.98. The first-order valence-electron chi connectivity index (χ1n) is 5.09. The molecule has 1 fully saturated rings. The first-order chi connectivity index (χ1) is 5.86. The fraction of sp³-hybridized carbons (Fsp3) is 0.909. The molecule has 0 aromatic carbocycles. The van der Waals surface area contributed by atoms with Crippen LogP contribution in [-0.4, -0.2) is 12.3 Å². The number of Topliss-reactive ketones (excluding diaryl/α,β-unsaturated/α-hetero) is 1.